The Morgan fingerprint density at radius 1 is 1.28 bits per heavy atom. The van der Waals surface area contributed by atoms with Gasteiger partial charge in [-0.15, -0.1) is 11.3 Å². The van der Waals surface area contributed by atoms with Crippen molar-refractivity contribution in [1.82, 2.24) is 4.98 Å². The van der Waals surface area contributed by atoms with Gasteiger partial charge in [0, 0.05) is 21.7 Å². The number of aryl methyl sites for hydroxylation is 1. The van der Waals surface area contributed by atoms with Gasteiger partial charge in [0.25, 0.3) is 5.91 Å². The van der Waals surface area contributed by atoms with Crippen LogP contribution in [-0.4, -0.2) is 29.4 Å². The Morgan fingerprint density at radius 2 is 2.03 bits per heavy atom. The van der Waals surface area contributed by atoms with Crippen LogP contribution in [0.3, 0.4) is 0 Å². The van der Waals surface area contributed by atoms with E-state index in [1.807, 2.05) is 30.5 Å². The zero-order valence-corrected chi connectivity index (χ0v) is 17.4. The van der Waals surface area contributed by atoms with Gasteiger partial charge >= 0.3 is 0 Å². The van der Waals surface area contributed by atoms with Gasteiger partial charge in [-0.2, -0.15) is 0 Å². The van der Waals surface area contributed by atoms with Crippen LogP contribution in [0.15, 0.2) is 47.8 Å². The molecule has 4 rings (SSSR count). The van der Waals surface area contributed by atoms with Crippen LogP contribution in [0.25, 0.3) is 11.3 Å². The number of aromatic nitrogens is 1. The molecule has 148 valence electrons. The number of halogens is 1. The Morgan fingerprint density at radius 3 is 2.72 bits per heavy atom. The molecule has 2 amide bonds. The summed E-state index contributed by atoms with van der Waals surface area (Å²) in [6, 6.07) is 11.6. The second-order valence-electron chi connectivity index (χ2n) is 6.66. The van der Waals surface area contributed by atoms with Gasteiger partial charge < -0.3 is 10.1 Å². The predicted octanol–water partition coefficient (Wildman–Crippen LogP) is 4.52. The van der Waals surface area contributed by atoms with E-state index in [1.54, 1.807) is 42.5 Å². The maximum atomic E-state index is 12.8. The van der Waals surface area contributed by atoms with Gasteiger partial charge in [-0.05, 0) is 56.3 Å². The number of fused-ring (bicyclic) bond motifs is 1. The fourth-order valence-electron chi connectivity index (χ4n) is 3.15. The van der Waals surface area contributed by atoms with Crippen LogP contribution in [0.1, 0.15) is 11.9 Å². The number of hydrogen-bond donors (Lipinski definition) is 1. The van der Waals surface area contributed by atoms with Crippen molar-refractivity contribution in [2.75, 3.05) is 16.8 Å². The molecule has 8 heteroatoms. The first kappa shape index (κ1) is 19.4. The predicted molar refractivity (Wildman–Crippen MR) is 115 cm³/mol. The number of nitrogens with one attached hydrogen (secondary N) is 1. The topological polar surface area (TPSA) is 71.5 Å². The highest BCUT2D eigenvalue weighted by molar-refractivity contribution is 7.09. The van der Waals surface area contributed by atoms with E-state index < -0.39 is 6.04 Å². The van der Waals surface area contributed by atoms with E-state index in [2.05, 4.69) is 10.3 Å². The molecule has 0 saturated heterocycles. The second kappa shape index (κ2) is 7.85. The number of thiazole rings is 1. The fraction of sp³-hybridized carbons (Fsp3) is 0.190. The van der Waals surface area contributed by atoms with E-state index in [1.165, 1.54) is 4.90 Å². The van der Waals surface area contributed by atoms with Crippen molar-refractivity contribution in [3.8, 4) is 17.0 Å². The first-order valence-corrected chi connectivity index (χ1v) is 10.3. The summed E-state index contributed by atoms with van der Waals surface area (Å²) in [4.78, 5) is 31.4. The number of anilines is 2. The van der Waals surface area contributed by atoms with Crippen molar-refractivity contribution < 1.29 is 14.3 Å². The number of benzene rings is 2. The molecule has 1 aromatic heterocycles. The van der Waals surface area contributed by atoms with Crippen LogP contribution < -0.4 is 15.0 Å². The van der Waals surface area contributed by atoms with Gasteiger partial charge in [0.2, 0.25) is 5.91 Å². The molecule has 2 aromatic carbocycles. The number of rotatable bonds is 4. The lowest BCUT2D eigenvalue weighted by Crippen LogP contribution is -2.49. The molecule has 1 atom stereocenters. The van der Waals surface area contributed by atoms with Gasteiger partial charge in [0.15, 0.2) is 6.61 Å². The summed E-state index contributed by atoms with van der Waals surface area (Å²) in [5.41, 5.74) is 2.86. The maximum Gasteiger partial charge on any atom is 0.265 e. The Hall–Kier alpha value is -2.90. The number of ether oxygens (including phenoxy) is 1. The van der Waals surface area contributed by atoms with Crippen molar-refractivity contribution in [2.24, 2.45) is 0 Å². The monoisotopic (exact) mass is 427 g/mol. The number of nitrogens with zero attached hydrogens (tertiary/aromatic N) is 2. The van der Waals surface area contributed by atoms with E-state index in [0.717, 1.165) is 16.3 Å². The highest BCUT2D eigenvalue weighted by Gasteiger charge is 2.33. The molecule has 2 heterocycles. The second-order valence-corrected chi connectivity index (χ2v) is 8.16. The van der Waals surface area contributed by atoms with Crippen molar-refractivity contribution in [3.63, 3.8) is 0 Å². The first-order chi connectivity index (χ1) is 13.9. The van der Waals surface area contributed by atoms with E-state index in [4.69, 9.17) is 16.3 Å². The van der Waals surface area contributed by atoms with Gasteiger partial charge in [-0.3, -0.25) is 14.5 Å². The Kier molecular flexibility index (Phi) is 5.25. The van der Waals surface area contributed by atoms with Crippen molar-refractivity contribution >= 4 is 46.1 Å². The molecule has 1 aliphatic heterocycles. The Balaban J connectivity index is 1.64. The third-order valence-electron chi connectivity index (χ3n) is 4.63. The van der Waals surface area contributed by atoms with E-state index in [0.29, 0.717) is 22.1 Å². The first-order valence-electron chi connectivity index (χ1n) is 9.00. The van der Waals surface area contributed by atoms with E-state index >= 15 is 0 Å². The molecule has 0 spiro atoms. The molecular weight excluding hydrogens is 410 g/mol. The molecule has 0 fully saturated rings. The smallest absolute Gasteiger partial charge is 0.265 e. The lowest BCUT2D eigenvalue weighted by atomic mass is 10.1. The Labute approximate surface area is 177 Å². The normalized spacial score (nSPS) is 14.2. The van der Waals surface area contributed by atoms with E-state index in [-0.39, 0.29) is 18.4 Å². The zero-order valence-electron chi connectivity index (χ0n) is 15.8. The molecule has 1 unspecified atom stereocenters. The number of carbonyl (C=O) groups excluding carboxylic acids is 2. The van der Waals surface area contributed by atoms with Crippen LogP contribution in [0.2, 0.25) is 5.02 Å². The molecular formula is C21H18ClN3O3S. The lowest BCUT2D eigenvalue weighted by Gasteiger charge is -2.33. The minimum atomic E-state index is -0.728. The summed E-state index contributed by atoms with van der Waals surface area (Å²) < 4.78 is 5.57. The molecule has 0 radical (unpaired) electrons. The highest BCUT2D eigenvalue weighted by atomic mass is 35.5. The van der Waals surface area contributed by atoms with Crippen LogP contribution in [0, 0.1) is 6.92 Å². The lowest BCUT2D eigenvalue weighted by molar-refractivity contribution is -0.125. The number of carbonyl (C=O) groups is 2. The van der Waals surface area contributed by atoms with Gasteiger partial charge in [0.05, 0.1) is 16.4 Å². The number of hydrogen-bond acceptors (Lipinski definition) is 5. The summed E-state index contributed by atoms with van der Waals surface area (Å²) in [5, 5.41) is 6.32. The fourth-order valence-corrected chi connectivity index (χ4v) is 3.90. The molecule has 0 aliphatic carbocycles. The Bertz CT molecular complexity index is 1080. The molecule has 0 bridgehead atoms. The quantitative estimate of drug-likeness (QED) is 0.664. The average Bonchev–Trinajstić information content (AvgIpc) is 3.15. The molecule has 29 heavy (non-hydrogen) atoms. The van der Waals surface area contributed by atoms with Crippen LogP contribution in [-0.2, 0) is 9.59 Å². The highest BCUT2D eigenvalue weighted by Crippen LogP contribution is 2.37. The van der Waals surface area contributed by atoms with Crippen LogP contribution in [0.4, 0.5) is 11.4 Å². The standard InChI is InChI=1S/C21H18ClN3O3S/c1-12(21(27)24-16-6-4-15(22)5-7-16)25-18-9-14(17-11-29-13(2)23-17)3-8-19(18)28-10-20(25)26/h3-9,11-12H,10H2,1-2H3,(H,24,27). The zero-order chi connectivity index (χ0) is 20.5. The summed E-state index contributed by atoms with van der Waals surface area (Å²) in [6.45, 7) is 3.52. The maximum absolute atomic E-state index is 12.8. The SMILES string of the molecule is Cc1nc(-c2ccc3c(c2)N(C(C)C(=O)Nc2ccc(Cl)cc2)C(=O)CO3)cs1. The summed E-state index contributed by atoms with van der Waals surface area (Å²) in [6.07, 6.45) is 0. The molecule has 1 N–H and O–H groups in total. The van der Waals surface area contributed by atoms with Crippen molar-refractivity contribution in [1.29, 1.82) is 0 Å². The molecule has 6 nitrogen and oxygen atoms in total. The summed E-state index contributed by atoms with van der Waals surface area (Å²) in [5.74, 6) is -0.0160. The molecule has 1 aliphatic rings. The van der Waals surface area contributed by atoms with Crippen molar-refractivity contribution in [2.45, 2.75) is 19.9 Å². The number of amides is 2. The van der Waals surface area contributed by atoms with Crippen LogP contribution in [0.5, 0.6) is 5.75 Å². The third-order valence-corrected chi connectivity index (χ3v) is 5.66. The molecule has 0 saturated carbocycles. The largest absolute Gasteiger partial charge is 0.482 e. The van der Waals surface area contributed by atoms with E-state index in [9.17, 15) is 9.59 Å². The minimum absolute atomic E-state index is 0.110. The summed E-state index contributed by atoms with van der Waals surface area (Å²) >= 11 is 7.45. The van der Waals surface area contributed by atoms with Gasteiger partial charge in [0.1, 0.15) is 11.8 Å². The molecule has 3 aromatic rings. The average molecular weight is 428 g/mol. The van der Waals surface area contributed by atoms with Gasteiger partial charge in [-0.1, -0.05) is 11.6 Å². The minimum Gasteiger partial charge on any atom is -0.482 e. The van der Waals surface area contributed by atoms with Crippen LogP contribution >= 0.6 is 22.9 Å². The third kappa shape index (κ3) is 3.97. The van der Waals surface area contributed by atoms with Crippen molar-refractivity contribution in [3.05, 3.63) is 57.9 Å². The van der Waals surface area contributed by atoms with Gasteiger partial charge in [-0.25, -0.2) is 4.98 Å². The summed E-state index contributed by atoms with van der Waals surface area (Å²) in [7, 11) is 0.